The number of ether oxygens (including phenoxy) is 2. The standard InChI is InChI=1S/C27H27N3O4/c1-18(28)26(31)30(23-14-8-9-15-25(23)34-20-10-4-3-5-11-20)24(27(32)33-2)16-19-17-29-22-13-7-6-12-21(19)22/h3-15,17-18,24,29H,16,28H2,1-2H3/t18-,24-/m0/s1. The number of benzene rings is 3. The van der Waals surface area contributed by atoms with Crippen molar-refractivity contribution in [1.29, 1.82) is 0 Å². The Balaban J connectivity index is 1.80. The van der Waals surface area contributed by atoms with Gasteiger partial charge in [0.2, 0.25) is 5.91 Å². The number of anilines is 1. The number of carbonyl (C=O) groups excluding carboxylic acids is 2. The van der Waals surface area contributed by atoms with Crippen LogP contribution in [0.1, 0.15) is 12.5 Å². The highest BCUT2D eigenvalue weighted by molar-refractivity contribution is 6.03. The number of methoxy groups -OCH3 is 1. The number of esters is 1. The molecule has 0 unspecified atom stereocenters. The number of nitrogens with one attached hydrogen (secondary N) is 1. The van der Waals surface area contributed by atoms with E-state index in [0.717, 1.165) is 16.5 Å². The molecule has 0 aliphatic carbocycles. The average Bonchev–Trinajstić information content (AvgIpc) is 3.27. The van der Waals surface area contributed by atoms with E-state index in [1.165, 1.54) is 12.0 Å². The largest absolute Gasteiger partial charge is 0.467 e. The predicted octanol–water partition coefficient (Wildman–Crippen LogP) is 4.42. The monoisotopic (exact) mass is 457 g/mol. The minimum absolute atomic E-state index is 0.231. The Morgan fingerprint density at radius 2 is 1.65 bits per heavy atom. The van der Waals surface area contributed by atoms with E-state index in [0.29, 0.717) is 17.2 Å². The lowest BCUT2D eigenvalue weighted by atomic mass is 10.0. The van der Waals surface area contributed by atoms with Crippen LogP contribution < -0.4 is 15.4 Å². The zero-order valence-electron chi connectivity index (χ0n) is 19.1. The zero-order chi connectivity index (χ0) is 24.1. The number of carbonyl (C=O) groups is 2. The highest BCUT2D eigenvalue weighted by atomic mass is 16.5. The van der Waals surface area contributed by atoms with Crippen molar-refractivity contribution in [3.8, 4) is 11.5 Å². The number of para-hydroxylation sites is 4. The molecule has 0 saturated carbocycles. The summed E-state index contributed by atoms with van der Waals surface area (Å²) in [4.78, 5) is 31.1. The molecule has 4 aromatic rings. The minimum atomic E-state index is -0.955. The van der Waals surface area contributed by atoms with Crippen LogP contribution in [-0.2, 0) is 20.7 Å². The van der Waals surface area contributed by atoms with Crippen molar-refractivity contribution in [1.82, 2.24) is 4.98 Å². The second-order valence-electron chi connectivity index (χ2n) is 7.98. The van der Waals surface area contributed by atoms with E-state index in [-0.39, 0.29) is 6.42 Å². The normalized spacial score (nSPS) is 12.7. The van der Waals surface area contributed by atoms with Crippen molar-refractivity contribution in [2.75, 3.05) is 12.0 Å². The SMILES string of the molecule is COC(=O)[C@H](Cc1c[nH]c2ccccc12)N(C(=O)[C@H](C)N)c1ccccc1Oc1ccccc1. The lowest BCUT2D eigenvalue weighted by Crippen LogP contribution is -2.52. The first-order valence-electron chi connectivity index (χ1n) is 11.0. The number of rotatable bonds is 8. The summed E-state index contributed by atoms with van der Waals surface area (Å²) in [6, 6.07) is 22.3. The third-order valence-corrected chi connectivity index (χ3v) is 5.60. The molecule has 0 spiro atoms. The van der Waals surface area contributed by atoms with Crippen LogP contribution in [0.2, 0.25) is 0 Å². The second-order valence-corrected chi connectivity index (χ2v) is 7.98. The quantitative estimate of drug-likeness (QED) is 0.382. The molecule has 0 bridgehead atoms. The Morgan fingerprint density at radius 1 is 0.971 bits per heavy atom. The molecule has 2 atom stereocenters. The minimum Gasteiger partial charge on any atom is -0.467 e. The zero-order valence-corrected chi connectivity index (χ0v) is 19.1. The molecule has 1 heterocycles. The van der Waals surface area contributed by atoms with E-state index in [4.69, 9.17) is 15.2 Å². The van der Waals surface area contributed by atoms with Gasteiger partial charge in [-0.2, -0.15) is 0 Å². The van der Waals surface area contributed by atoms with Gasteiger partial charge in [0.05, 0.1) is 18.8 Å². The fourth-order valence-corrected chi connectivity index (χ4v) is 3.94. The van der Waals surface area contributed by atoms with Gasteiger partial charge in [-0.3, -0.25) is 9.69 Å². The van der Waals surface area contributed by atoms with Crippen LogP contribution in [0.3, 0.4) is 0 Å². The van der Waals surface area contributed by atoms with Crippen LogP contribution in [0.15, 0.2) is 85.1 Å². The summed E-state index contributed by atoms with van der Waals surface area (Å²) in [5, 5.41) is 0.971. The smallest absolute Gasteiger partial charge is 0.329 e. The van der Waals surface area contributed by atoms with Crippen molar-refractivity contribution in [3.63, 3.8) is 0 Å². The Labute approximate surface area is 198 Å². The fourth-order valence-electron chi connectivity index (χ4n) is 3.94. The van der Waals surface area contributed by atoms with Crippen LogP contribution in [0.5, 0.6) is 11.5 Å². The van der Waals surface area contributed by atoms with E-state index in [1.54, 1.807) is 25.1 Å². The van der Waals surface area contributed by atoms with Gasteiger partial charge in [0, 0.05) is 23.5 Å². The number of aromatic amines is 1. The number of hydrogen-bond acceptors (Lipinski definition) is 5. The van der Waals surface area contributed by atoms with Gasteiger partial charge in [-0.15, -0.1) is 0 Å². The Hall–Kier alpha value is -4.10. The number of amides is 1. The number of H-pyrrole nitrogens is 1. The van der Waals surface area contributed by atoms with E-state index in [1.807, 2.05) is 66.9 Å². The number of nitrogens with zero attached hydrogens (tertiary/aromatic N) is 1. The molecule has 0 fully saturated rings. The molecule has 34 heavy (non-hydrogen) atoms. The van der Waals surface area contributed by atoms with Gasteiger partial charge in [0.1, 0.15) is 11.8 Å². The van der Waals surface area contributed by atoms with Crippen molar-refractivity contribution < 1.29 is 19.1 Å². The molecular formula is C27H27N3O4. The number of fused-ring (bicyclic) bond motifs is 1. The maximum atomic E-state index is 13.4. The second kappa shape index (κ2) is 10.2. The van der Waals surface area contributed by atoms with Crippen LogP contribution in [0.25, 0.3) is 10.9 Å². The van der Waals surface area contributed by atoms with Gasteiger partial charge in [-0.1, -0.05) is 48.5 Å². The lowest BCUT2D eigenvalue weighted by molar-refractivity contribution is -0.143. The van der Waals surface area contributed by atoms with Crippen molar-refractivity contribution in [2.24, 2.45) is 5.73 Å². The van der Waals surface area contributed by atoms with Gasteiger partial charge < -0.3 is 20.2 Å². The molecule has 0 saturated heterocycles. The Kier molecular flexibility index (Phi) is 6.94. The molecule has 3 aromatic carbocycles. The van der Waals surface area contributed by atoms with Crippen LogP contribution in [-0.4, -0.2) is 36.1 Å². The highest BCUT2D eigenvalue weighted by Crippen LogP contribution is 2.35. The molecule has 0 aliphatic heterocycles. The van der Waals surface area contributed by atoms with Crippen molar-refractivity contribution >= 4 is 28.5 Å². The molecule has 3 N–H and O–H groups in total. The summed E-state index contributed by atoms with van der Waals surface area (Å²) in [6.07, 6.45) is 2.08. The van der Waals surface area contributed by atoms with Gasteiger partial charge in [-0.05, 0) is 42.8 Å². The number of nitrogens with two attached hydrogens (primary N) is 1. The molecule has 1 amide bonds. The summed E-state index contributed by atoms with van der Waals surface area (Å²) in [5.74, 6) is 0.0677. The molecule has 0 radical (unpaired) electrons. The molecule has 7 heteroatoms. The molecule has 1 aromatic heterocycles. The summed E-state index contributed by atoms with van der Waals surface area (Å²) >= 11 is 0. The van der Waals surface area contributed by atoms with Gasteiger partial charge in [0.25, 0.3) is 0 Å². The van der Waals surface area contributed by atoms with Crippen molar-refractivity contribution in [2.45, 2.75) is 25.4 Å². The maximum absolute atomic E-state index is 13.4. The first-order valence-corrected chi connectivity index (χ1v) is 11.0. The van der Waals surface area contributed by atoms with Gasteiger partial charge in [-0.25, -0.2) is 4.79 Å². The summed E-state index contributed by atoms with van der Waals surface area (Å²) in [6.45, 7) is 1.59. The van der Waals surface area contributed by atoms with Gasteiger partial charge >= 0.3 is 5.97 Å². The Bertz CT molecular complexity index is 1280. The third kappa shape index (κ3) is 4.79. The van der Waals surface area contributed by atoms with E-state index in [2.05, 4.69) is 4.98 Å². The van der Waals surface area contributed by atoms with E-state index >= 15 is 0 Å². The summed E-state index contributed by atoms with van der Waals surface area (Å²) < 4.78 is 11.2. The van der Waals surface area contributed by atoms with Gasteiger partial charge in [0.15, 0.2) is 5.75 Å². The molecule has 174 valence electrons. The molecule has 7 nitrogen and oxygen atoms in total. The topological polar surface area (TPSA) is 97.7 Å². The highest BCUT2D eigenvalue weighted by Gasteiger charge is 2.35. The first-order chi connectivity index (χ1) is 16.5. The van der Waals surface area contributed by atoms with Crippen LogP contribution >= 0.6 is 0 Å². The average molecular weight is 458 g/mol. The molecule has 4 rings (SSSR count). The Morgan fingerprint density at radius 3 is 2.38 bits per heavy atom. The number of aromatic nitrogens is 1. The summed E-state index contributed by atoms with van der Waals surface area (Å²) in [7, 11) is 1.31. The molecule has 0 aliphatic rings. The van der Waals surface area contributed by atoms with Crippen LogP contribution in [0, 0.1) is 0 Å². The lowest BCUT2D eigenvalue weighted by Gasteiger charge is -2.32. The predicted molar refractivity (Wildman–Crippen MR) is 132 cm³/mol. The molecular weight excluding hydrogens is 430 g/mol. The maximum Gasteiger partial charge on any atom is 0.329 e. The van der Waals surface area contributed by atoms with E-state index < -0.39 is 24.0 Å². The van der Waals surface area contributed by atoms with Crippen molar-refractivity contribution in [3.05, 3.63) is 90.6 Å². The van der Waals surface area contributed by atoms with E-state index in [9.17, 15) is 9.59 Å². The fraction of sp³-hybridized carbons (Fsp3) is 0.185. The van der Waals surface area contributed by atoms with Crippen LogP contribution in [0.4, 0.5) is 5.69 Å². The third-order valence-electron chi connectivity index (χ3n) is 5.60. The first kappa shape index (κ1) is 23.1. The number of hydrogen-bond donors (Lipinski definition) is 2. The summed E-state index contributed by atoms with van der Waals surface area (Å²) in [5.41, 5.74) is 8.29.